The largest absolute Gasteiger partial charge is 0.353 e. The highest BCUT2D eigenvalue weighted by Crippen LogP contribution is 2.34. The standard InChI is InChI=1S/C12H13BN4O/c13-17-6-4-12(9-18,5-7-17)10-2-1-3-11(8-10)15-16-14/h1-3,8-9H,4-7H2. The van der Waals surface area contributed by atoms with Crippen molar-refractivity contribution in [1.29, 1.82) is 0 Å². The zero-order valence-electron chi connectivity index (χ0n) is 9.99. The third-order valence-electron chi connectivity index (χ3n) is 3.50. The molecule has 0 spiro atoms. The molecule has 0 bridgehead atoms. The molecular weight excluding hydrogens is 227 g/mol. The number of piperidine rings is 1. The average molecular weight is 240 g/mol. The van der Waals surface area contributed by atoms with Crippen molar-refractivity contribution < 1.29 is 4.79 Å². The van der Waals surface area contributed by atoms with E-state index in [1.54, 1.807) is 23.0 Å². The van der Waals surface area contributed by atoms with Crippen LogP contribution in [0, 0.1) is 0 Å². The number of aldehydes is 1. The predicted octanol–water partition coefficient (Wildman–Crippen LogP) is 2.24. The van der Waals surface area contributed by atoms with Gasteiger partial charge in [0.25, 0.3) is 0 Å². The Labute approximate surface area is 107 Å². The Bertz CT molecular complexity index is 491. The fourth-order valence-electron chi connectivity index (χ4n) is 2.33. The van der Waals surface area contributed by atoms with Gasteiger partial charge in [0.05, 0.1) is 5.41 Å². The molecule has 2 radical (unpaired) electrons. The molecule has 1 aromatic carbocycles. The van der Waals surface area contributed by atoms with Crippen molar-refractivity contribution >= 4 is 20.0 Å². The van der Waals surface area contributed by atoms with Gasteiger partial charge < -0.3 is 9.61 Å². The minimum absolute atomic E-state index is 0.503. The van der Waals surface area contributed by atoms with E-state index in [9.17, 15) is 4.79 Å². The van der Waals surface area contributed by atoms with Gasteiger partial charge in [0.2, 0.25) is 0 Å². The number of benzene rings is 1. The molecule has 90 valence electrons. The molecule has 0 aliphatic carbocycles. The molecule has 1 aliphatic heterocycles. The van der Waals surface area contributed by atoms with E-state index in [-0.39, 0.29) is 0 Å². The van der Waals surface area contributed by atoms with Crippen LogP contribution in [0.15, 0.2) is 29.4 Å². The number of hydrogen-bond donors (Lipinski definition) is 0. The Kier molecular flexibility index (Phi) is 3.70. The maximum Gasteiger partial charge on any atom is 0.182 e. The van der Waals surface area contributed by atoms with Crippen molar-refractivity contribution in [3.8, 4) is 0 Å². The van der Waals surface area contributed by atoms with E-state index < -0.39 is 5.41 Å². The Morgan fingerprint density at radius 3 is 2.78 bits per heavy atom. The van der Waals surface area contributed by atoms with E-state index >= 15 is 0 Å². The summed E-state index contributed by atoms with van der Waals surface area (Å²) in [6, 6.07) is 7.20. The predicted molar refractivity (Wildman–Crippen MR) is 69.6 cm³/mol. The third kappa shape index (κ3) is 2.40. The molecule has 0 aromatic heterocycles. The van der Waals surface area contributed by atoms with Crippen molar-refractivity contribution in [2.24, 2.45) is 5.11 Å². The molecule has 0 saturated carbocycles. The first-order valence-corrected chi connectivity index (χ1v) is 5.82. The summed E-state index contributed by atoms with van der Waals surface area (Å²) in [5.74, 6) is 0. The summed E-state index contributed by atoms with van der Waals surface area (Å²) in [6.45, 7) is 1.37. The monoisotopic (exact) mass is 240 g/mol. The van der Waals surface area contributed by atoms with Gasteiger partial charge in [-0.1, -0.05) is 23.3 Å². The average Bonchev–Trinajstić information content (AvgIpc) is 2.41. The van der Waals surface area contributed by atoms with Crippen LogP contribution in [0.4, 0.5) is 5.69 Å². The van der Waals surface area contributed by atoms with Gasteiger partial charge in [0.1, 0.15) is 6.29 Å². The van der Waals surface area contributed by atoms with Crippen LogP contribution < -0.4 is 0 Å². The molecule has 5 nitrogen and oxygen atoms in total. The molecule has 1 aromatic rings. The molecule has 18 heavy (non-hydrogen) atoms. The third-order valence-corrected chi connectivity index (χ3v) is 3.50. The topological polar surface area (TPSA) is 69.1 Å². The van der Waals surface area contributed by atoms with Gasteiger partial charge in [-0.2, -0.15) is 0 Å². The lowest BCUT2D eigenvalue weighted by Crippen LogP contribution is -2.42. The van der Waals surface area contributed by atoms with E-state index in [1.165, 1.54) is 0 Å². The zero-order valence-corrected chi connectivity index (χ0v) is 9.99. The molecule has 0 N–H and O–H groups in total. The summed E-state index contributed by atoms with van der Waals surface area (Å²) >= 11 is 0. The summed E-state index contributed by atoms with van der Waals surface area (Å²) < 4.78 is 0. The fourth-order valence-corrected chi connectivity index (χ4v) is 2.33. The van der Waals surface area contributed by atoms with Gasteiger partial charge in [-0.3, -0.25) is 0 Å². The smallest absolute Gasteiger partial charge is 0.182 e. The van der Waals surface area contributed by atoms with Gasteiger partial charge in [-0.05, 0) is 43.1 Å². The molecule has 1 aliphatic rings. The van der Waals surface area contributed by atoms with Crippen molar-refractivity contribution in [3.05, 3.63) is 40.3 Å². The van der Waals surface area contributed by atoms with Crippen LogP contribution in [-0.4, -0.2) is 32.2 Å². The number of rotatable bonds is 3. The quantitative estimate of drug-likeness (QED) is 0.267. The number of azide groups is 1. The summed E-state index contributed by atoms with van der Waals surface area (Å²) in [5, 5.41) is 3.57. The Morgan fingerprint density at radius 2 is 2.17 bits per heavy atom. The summed E-state index contributed by atoms with van der Waals surface area (Å²) in [5.41, 5.74) is 9.37. The second-order valence-electron chi connectivity index (χ2n) is 4.55. The van der Waals surface area contributed by atoms with Gasteiger partial charge in [-0.25, -0.2) is 0 Å². The molecule has 0 atom stereocenters. The lowest BCUT2D eigenvalue weighted by molar-refractivity contribution is -0.113. The minimum Gasteiger partial charge on any atom is -0.353 e. The van der Waals surface area contributed by atoms with Crippen LogP contribution in [-0.2, 0) is 10.2 Å². The number of carbonyl (C=O) groups excluding carboxylic acids is 1. The van der Waals surface area contributed by atoms with E-state index in [0.29, 0.717) is 31.6 Å². The highest BCUT2D eigenvalue weighted by atomic mass is 16.1. The molecular formula is C12H13BN4O. The van der Waals surface area contributed by atoms with E-state index in [4.69, 9.17) is 13.5 Å². The number of hydrogen-bond acceptors (Lipinski definition) is 3. The lowest BCUT2D eigenvalue weighted by atomic mass is 9.73. The molecule has 1 saturated heterocycles. The molecule has 1 fully saturated rings. The van der Waals surface area contributed by atoms with E-state index in [1.807, 2.05) is 6.07 Å². The zero-order chi connectivity index (χ0) is 13.0. The Balaban J connectivity index is 2.35. The molecule has 6 heteroatoms. The van der Waals surface area contributed by atoms with Gasteiger partial charge in [0.15, 0.2) is 7.98 Å². The second kappa shape index (κ2) is 5.25. The molecule has 2 rings (SSSR count). The Morgan fingerprint density at radius 1 is 1.44 bits per heavy atom. The number of carbonyl (C=O) groups is 1. The first-order chi connectivity index (χ1) is 8.70. The molecule has 0 unspecified atom stereocenters. The maximum atomic E-state index is 11.5. The van der Waals surface area contributed by atoms with Crippen molar-refractivity contribution in [2.75, 3.05) is 13.1 Å². The van der Waals surface area contributed by atoms with Crippen LogP contribution in [0.3, 0.4) is 0 Å². The summed E-state index contributed by atoms with van der Waals surface area (Å²) in [6.07, 6.45) is 2.37. The Hall–Kier alpha value is -1.78. The molecule has 1 heterocycles. The van der Waals surface area contributed by atoms with Crippen LogP contribution in [0.25, 0.3) is 10.4 Å². The first kappa shape index (κ1) is 12.7. The highest BCUT2D eigenvalue weighted by molar-refractivity contribution is 6.04. The van der Waals surface area contributed by atoms with E-state index in [0.717, 1.165) is 11.8 Å². The van der Waals surface area contributed by atoms with Crippen LogP contribution >= 0.6 is 0 Å². The highest BCUT2D eigenvalue weighted by Gasteiger charge is 2.34. The van der Waals surface area contributed by atoms with Crippen LogP contribution in [0.1, 0.15) is 18.4 Å². The fraction of sp³-hybridized carbons (Fsp3) is 0.417. The van der Waals surface area contributed by atoms with Crippen LogP contribution in [0.2, 0.25) is 0 Å². The van der Waals surface area contributed by atoms with Gasteiger partial charge in [-0.15, -0.1) is 0 Å². The van der Waals surface area contributed by atoms with E-state index in [2.05, 4.69) is 10.0 Å². The lowest BCUT2D eigenvalue weighted by Gasteiger charge is -2.37. The van der Waals surface area contributed by atoms with Crippen molar-refractivity contribution in [1.82, 2.24) is 4.81 Å². The second-order valence-corrected chi connectivity index (χ2v) is 4.55. The summed E-state index contributed by atoms with van der Waals surface area (Å²) in [4.78, 5) is 16.0. The maximum absolute atomic E-state index is 11.5. The minimum atomic E-state index is -0.503. The molecule has 0 amide bonds. The van der Waals surface area contributed by atoms with Crippen molar-refractivity contribution in [3.63, 3.8) is 0 Å². The van der Waals surface area contributed by atoms with Gasteiger partial charge in [0, 0.05) is 10.6 Å². The number of nitrogens with zero attached hydrogens (tertiary/aromatic N) is 4. The normalized spacial score (nSPS) is 18.9. The van der Waals surface area contributed by atoms with Crippen LogP contribution in [0.5, 0.6) is 0 Å². The summed E-state index contributed by atoms with van der Waals surface area (Å²) in [7, 11) is 5.72. The van der Waals surface area contributed by atoms with Crippen molar-refractivity contribution in [2.45, 2.75) is 18.3 Å². The van der Waals surface area contributed by atoms with Gasteiger partial charge >= 0.3 is 0 Å². The SMILES string of the molecule is [B]N1CCC(C=O)(c2cccc(N=[N+]=[N-])c2)CC1. The first-order valence-electron chi connectivity index (χ1n) is 5.82.